The van der Waals surface area contributed by atoms with E-state index in [1.807, 2.05) is 13.8 Å². The Morgan fingerprint density at radius 2 is 1.81 bits per heavy atom. The van der Waals surface area contributed by atoms with E-state index in [0.717, 1.165) is 25.7 Å². The molecule has 0 aliphatic heterocycles. The van der Waals surface area contributed by atoms with Crippen LogP contribution in [0.4, 0.5) is 0 Å². The van der Waals surface area contributed by atoms with Crippen LogP contribution >= 0.6 is 0 Å². The minimum Gasteiger partial charge on any atom is -0.291 e. The number of carbonyl (C=O) groups excluding carboxylic acids is 1. The van der Waals surface area contributed by atoms with Gasteiger partial charge in [-0.05, 0) is 63.1 Å². The molecule has 1 aromatic carbocycles. The lowest BCUT2D eigenvalue weighted by Crippen LogP contribution is -2.47. The third kappa shape index (κ3) is 4.09. The topological polar surface area (TPSA) is 119 Å². The summed E-state index contributed by atoms with van der Waals surface area (Å²) in [6, 6.07) is 4.15. The maximum absolute atomic E-state index is 13.1. The maximum atomic E-state index is 13.1. The molecule has 2 aliphatic rings. The van der Waals surface area contributed by atoms with Crippen LogP contribution in [0.5, 0.6) is 0 Å². The molecule has 2 N–H and O–H groups in total. The van der Waals surface area contributed by atoms with E-state index in [1.165, 1.54) is 29.7 Å². The Labute approximate surface area is 179 Å². The first-order valence-corrected chi connectivity index (χ1v) is 11.6. The first-order valence-electron chi connectivity index (χ1n) is 10.1. The van der Waals surface area contributed by atoms with Crippen LogP contribution in [0.1, 0.15) is 46.5 Å². The highest BCUT2D eigenvalue weighted by atomic mass is 32.2. The van der Waals surface area contributed by atoms with Crippen molar-refractivity contribution < 1.29 is 13.2 Å². The largest absolute Gasteiger partial charge is 0.350 e. The standard InChI is InChI=1S/C21H26N4O5S/c1-13(2)17(26)22-25-18(27)15-11-14(31(29,30)23-21(4)9-10-21)5-6-16(15)24(19(25)28)12-20(3)7-8-20/h5-6,11,23H,1,7-10,12H2,2-4H3,(H,22,26). The quantitative estimate of drug-likeness (QED) is 0.624. The molecule has 1 amide bonds. The number of amides is 1. The lowest BCUT2D eigenvalue weighted by atomic mass is 10.1. The smallest absolute Gasteiger partial charge is 0.291 e. The number of aromatic nitrogens is 2. The summed E-state index contributed by atoms with van der Waals surface area (Å²) in [5.74, 6) is -0.671. The average Bonchev–Trinajstić information content (AvgIpc) is 3.60. The van der Waals surface area contributed by atoms with E-state index in [0.29, 0.717) is 16.7 Å². The highest BCUT2D eigenvalue weighted by molar-refractivity contribution is 7.89. The third-order valence-electron chi connectivity index (χ3n) is 6.05. The maximum Gasteiger partial charge on any atom is 0.350 e. The number of rotatable bonds is 7. The van der Waals surface area contributed by atoms with E-state index in [1.54, 1.807) is 0 Å². The Morgan fingerprint density at radius 1 is 1.16 bits per heavy atom. The Hall–Kier alpha value is -2.72. The molecule has 2 aliphatic carbocycles. The number of sulfonamides is 1. The second kappa shape index (κ2) is 6.89. The number of benzene rings is 1. The number of hydrogen-bond donors (Lipinski definition) is 2. The summed E-state index contributed by atoms with van der Waals surface area (Å²) in [6.45, 7) is 9.19. The van der Waals surface area contributed by atoms with Crippen molar-refractivity contribution in [3.8, 4) is 0 Å². The van der Waals surface area contributed by atoms with E-state index < -0.39 is 32.7 Å². The summed E-state index contributed by atoms with van der Waals surface area (Å²) in [7, 11) is -3.85. The van der Waals surface area contributed by atoms with Crippen LogP contribution in [-0.2, 0) is 21.4 Å². The molecule has 0 spiro atoms. The number of carbonyl (C=O) groups is 1. The van der Waals surface area contributed by atoms with Crippen molar-refractivity contribution in [2.24, 2.45) is 5.41 Å². The van der Waals surface area contributed by atoms with Crippen molar-refractivity contribution in [1.29, 1.82) is 0 Å². The van der Waals surface area contributed by atoms with Crippen molar-refractivity contribution in [1.82, 2.24) is 14.0 Å². The molecule has 166 valence electrons. The molecule has 0 atom stereocenters. The first kappa shape index (κ1) is 21.5. The first-order chi connectivity index (χ1) is 14.3. The number of fused-ring (bicyclic) bond motifs is 1. The molecule has 9 nitrogen and oxygen atoms in total. The van der Waals surface area contributed by atoms with Gasteiger partial charge in [-0.2, -0.15) is 4.68 Å². The summed E-state index contributed by atoms with van der Waals surface area (Å²) in [5, 5.41) is 0.0368. The van der Waals surface area contributed by atoms with E-state index in [4.69, 9.17) is 0 Å². The SMILES string of the molecule is C=C(C)C(=O)Nn1c(=O)c2cc(S(=O)(=O)NC3(C)CC3)ccc2n(CC2(C)CC2)c1=O. The zero-order valence-corrected chi connectivity index (χ0v) is 18.6. The Bertz CT molecular complexity index is 1340. The Morgan fingerprint density at radius 3 is 2.35 bits per heavy atom. The minimum absolute atomic E-state index is 0.0368. The molecule has 0 saturated heterocycles. The molecule has 0 unspecified atom stereocenters. The van der Waals surface area contributed by atoms with E-state index in [9.17, 15) is 22.8 Å². The molecule has 0 radical (unpaired) electrons. The predicted molar refractivity (Wildman–Crippen MR) is 117 cm³/mol. The Balaban J connectivity index is 1.91. The molecule has 2 aromatic rings. The summed E-state index contributed by atoms with van der Waals surface area (Å²) in [6.07, 6.45) is 3.37. The van der Waals surface area contributed by atoms with Crippen LogP contribution in [0, 0.1) is 5.41 Å². The molecule has 2 fully saturated rings. The van der Waals surface area contributed by atoms with Crippen molar-refractivity contribution in [2.45, 2.75) is 63.4 Å². The molecule has 4 rings (SSSR count). The zero-order chi connectivity index (χ0) is 22.8. The fraction of sp³-hybridized carbons (Fsp3) is 0.476. The van der Waals surface area contributed by atoms with Crippen LogP contribution < -0.4 is 21.4 Å². The molecule has 1 aromatic heterocycles. The lowest BCUT2D eigenvalue weighted by molar-refractivity contribution is -0.113. The fourth-order valence-electron chi connectivity index (χ4n) is 3.39. The molecular formula is C21H26N4O5S. The highest BCUT2D eigenvalue weighted by Gasteiger charge is 2.41. The summed E-state index contributed by atoms with van der Waals surface area (Å²) < 4.78 is 30.3. The van der Waals surface area contributed by atoms with Crippen LogP contribution in [0.2, 0.25) is 0 Å². The molecule has 1 heterocycles. The predicted octanol–water partition coefficient (Wildman–Crippen LogP) is 1.44. The van der Waals surface area contributed by atoms with Gasteiger partial charge in [-0.3, -0.25) is 19.6 Å². The van der Waals surface area contributed by atoms with Crippen molar-refractivity contribution in [3.63, 3.8) is 0 Å². The lowest BCUT2D eigenvalue weighted by Gasteiger charge is -2.18. The number of hydrogen-bond acceptors (Lipinski definition) is 5. The summed E-state index contributed by atoms with van der Waals surface area (Å²) in [5.41, 5.74) is 0.734. The summed E-state index contributed by atoms with van der Waals surface area (Å²) >= 11 is 0. The van der Waals surface area contributed by atoms with Crippen molar-refractivity contribution >= 4 is 26.8 Å². The van der Waals surface area contributed by atoms with Crippen LogP contribution in [0.3, 0.4) is 0 Å². The van der Waals surface area contributed by atoms with Gasteiger partial charge in [0.15, 0.2) is 0 Å². The number of nitrogens with one attached hydrogen (secondary N) is 2. The second-order valence-corrected chi connectivity index (χ2v) is 11.1. The van der Waals surface area contributed by atoms with Crippen LogP contribution in [0.25, 0.3) is 10.9 Å². The molecule has 0 bridgehead atoms. The molecule has 31 heavy (non-hydrogen) atoms. The van der Waals surface area contributed by atoms with Gasteiger partial charge in [-0.15, -0.1) is 0 Å². The average molecular weight is 447 g/mol. The van der Waals surface area contributed by atoms with Gasteiger partial charge in [-0.25, -0.2) is 17.9 Å². The van der Waals surface area contributed by atoms with Gasteiger partial charge in [0.1, 0.15) is 0 Å². The van der Waals surface area contributed by atoms with Crippen LogP contribution in [0.15, 0.2) is 44.8 Å². The monoisotopic (exact) mass is 446 g/mol. The van der Waals surface area contributed by atoms with Gasteiger partial charge in [0, 0.05) is 17.7 Å². The van der Waals surface area contributed by atoms with Gasteiger partial charge < -0.3 is 0 Å². The Kier molecular flexibility index (Phi) is 4.78. The van der Waals surface area contributed by atoms with E-state index in [-0.39, 0.29) is 21.3 Å². The van der Waals surface area contributed by atoms with Crippen molar-refractivity contribution in [3.05, 3.63) is 51.2 Å². The highest BCUT2D eigenvalue weighted by Crippen LogP contribution is 2.46. The van der Waals surface area contributed by atoms with Gasteiger partial charge in [0.25, 0.3) is 11.5 Å². The van der Waals surface area contributed by atoms with Crippen molar-refractivity contribution in [2.75, 3.05) is 5.43 Å². The zero-order valence-electron chi connectivity index (χ0n) is 17.8. The van der Waals surface area contributed by atoms with Gasteiger partial charge in [0.2, 0.25) is 10.0 Å². The van der Waals surface area contributed by atoms with E-state index in [2.05, 4.69) is 16.7 Å². The van der Waals surface area contributed by atoms with Gasteiger partial charge >= 0.3 is 5.69 Å². The number of nitrogens with zero attached hydrogens (tertiary/aromatic N) is 2. The second-order valence-electron chi connectivity index (χ2n) is 9.39. The third-order valence-corrected chi connectivity index (χ3v) is 7.69. The van der Waals surface area contributed by atoms with E-state index >= 15 is 0 Å². The molecular weight excluding hydrogens is 420 g/mol. The molecule has 10 heteroatoms. The van der Waals surface area contributed by atoms with Gasteiger partial charge in [0.05, 0.1) is 15.8 Å². The fourth-order valence-corrected chi connectivity index (χ4v) is 4.89. The molecule has 2 saturated carbocycles. The minimum atomic E-state index is -3.85. The normalized spacial score (nSPS) is 18.5. The summed E-state index contributed by atoms with van der Waals surface area (Å²) in [4.78, 5) is 38.3. The van der Waals surface area contributed by atoms with Gasteiger partial charge in [-0.1, -0.05) is 13.5 Å². The van der Waals surface area contributed by atoms with Crippen LogP contribution in [-0.4, -0.2) is 29.1 Å².